The summed E-state index contributed by atoms with van der Waals surface area (Å²) in [6.07, 6.45) is 0.697. The molecule has 20 heavy (non-hydrogen) atoms. The van der Waals surface area contributed by atoms with Crippen LogP contribution < -0.4 is 10.5 Å². The molecule has 1 heterocycles. The van der Waals surface area contributed by atoms with Crippen LogP contribution in [0.1, 0.15) is 5.69 Å². The zero-order chi connectivity index (χ0) is 13.8. The smallest absolute Gasteiger partial charge is 0.220 e. The van der Waals surface area contributed by atoms with Crippen LogP contribution >= 0.6 is 0 Å². The van der Waals surface area contributed by atoms with Crippen molar-refractivity contribution in [2.24, 2.45) is 0 Å². The van der Waals surface area contributed by atoms with Crippen molar-refractivity contribution in [1.82, 2.24) is 9.97 Å². The highest BCUT2D eigenvalue weighted by Gasteiger charge is 2.05. The van der Waals surface area contributed by atoms with Crippen LogP contribution in [0.15, 0.2) is 54.6 Å². The largest absolute Gasteiger partial charge is 0.493 e. The average molecular weight is 265 g/mol. The molecule has 0 saturated heterocycles. The lowest BCUT2D eigenvalue weighted by Gasteiger charge is -2.08. The van der Waals surface area contributed by atoms with Gasteiger partial charge in [-0.05, 0) is 18.2 Å². The van der Waals surface area contributed by atoms with Crippen molar-refractivity contribution < 1.29 is 4.74 Å². The third kappa shape index (κ3) is 2.69. The number of hydrogen-bond acceptors (Lipinski definition) is 4. The quantitative estimate of drug-likeness (QED) is 0.788. The summed E-state index contributed by atoms with van der Waals surface area (Å²) in [6, 6.07) is 17.6. The van der Waals surface area contributed by atoms with E-state index in [0.29, 0.717) is 19.0 Å². The van der Waals surface area contributed by atoms with E-state index in [2.05, 4.69) is 9.97 Å². The van der Waals surface area contributed by atoms with Gasteiger partial charge >= 0.3 is 0 Å². The molecule has 0 aliphatic carbocycles. The van der Waals surface area contributed by atoms with Gasteiger partial charge in [0, 0.05) is 11.8 Å². The molecule has 0 amide bonds. The Hall–Kier alpha value is -2.62. The first-order valence-corrected chi connectivity index (χ1v) is 6.52. The monoisotopic (exact) mass is 265 g/mol. The van der Waals surface area contributed by atoms with E-state index < -0.39 is 0 Å². The standard InChI is InChI=1S/C16H15N3O/c17-16-18-14-9-5-4-8-13(14)15(19-16)10-11-20-12-6-2-1-3-7-12/h1-9H,10-11H2,(H2,17,18,19). The Bertz CT molecular complexity index is 713. The summed E-state index contributed by atoms with van der Waals surface area (Å²) in [5, 5.41) is 1.03. The topological polar surface area (TPSA) is 61.0 Å². The van der Waals surface area contributed by atoms with Gasteiger partial charge in [-0.25, -0.2) is 9.97 Å². The molecule has 0 aliphatic rings. The van der Waals surface area contributed by atoms with Gasteiger partial charge < -0.3 is 10.5 Å². The summed E-state index contributed by atoms with van der Waals surface area (Å²) in [4.78, 5) is 8.55. The minimum Gasteiger partial charge on any atom is -0.493 e. The number of benzene rings is 2. The Morgan fingerprint density at radius 1 is 0.900 bits per heavy atom. The van der Waals surface area contributed by atoms with Crippen molar-refractivity contribution in [3.8, 4) is 5.75 Å². The molecular weight excluding hydrogens is 250 g/mol. The third-order valence-corrected chi connectivity index (χ3v) is 3.05. The first kappa shape index (κ1) is 12.4. The number of fused-ring (bicyclic) bond motifs is 1. The fourth-order valence-electron chi connectivity index (χ4n) is 2.13. The minimum atomic E-state index is 0.304. The fourth-order valence-corrected chi connectivity index (χ4v) is 2.13. The molecule has 3 rings (SSSR count). The number of nitrogens with two attached hydrogens (primary N) is 1. The zero-order valence-corrected chi connectivity index (χ0v) is 11.0. The summed E-state index contributed by atoms with van der Waals surface area (Å²) in [5.41, 5.74) is 7.54. The van der Waals surface area contributed by atoms with Gasteiger partial charge in [-0.3, -0.25) is 0 Å². The lowest BCUT2D eigenvalue weighted by Crippen LogP contribution is -2.06. The Balaban J connectivity index is 1.77. The summed E-state index contributed by atoms with van der Waals surface area (Å²) in [5.74, 6) is 1.16. The Morgan fingerprint density at radius 3 is 2.50 bits per heavy atom. The number of nitrogens with zero attached hydrogens (tertiary/aromatic N) is 2. The van der Waals surface area contributed by atoms with Crippen molar-refractivity contribution in [1.29, 1.82) is 0 Å². The van der Waals surface area contributed by atoms with E-state index in [-0.39, 0.29) is 0 Å². The van der Waals surface area contributed by atoms with Crippen LogP contribution in [-0.2, 0) is 6.42 Å². The highest BCUT2D eigenvalue weighted by atomic mass is 16.5. The van der Waals surface area contributed by atoms with Gasteiger partial charge in [0.05, 0.1) is 17.8 Å². The molecule has 0 saturated carbocycles. The van der Waals surface area contributed by atoms with Gasteiger partial charge in [-0.2, -0.15) is 0 Å². The van der Waals surface area contributed by atoms with Crippen LogP contribution in [-0.4, -0.2) is 16.6 Å². The van der Waals surface area contributed by atoms with Gasteiger partial charge in [-0.15, -0.1) is 0 Å². The van der Waals surface area contributed by atoms with E-state index >= 15 is 0 Å². The minimum absolute atomic E-state index is 0.304. The molecule has 0 radical (unpaired) electrons. The molecular formula is C16H15N3O. The van der Waals surface area contributed by atoms with Crippen LogP contribution in [0, 0.1) is 0 Å². The molecule has 0 atom stereocenters. The second-order valence-corrected chi connectivity index (χ2v) is 4.46. The van der Waals surface area contributed by atoms with Gasteiger partial charge in [0.25, 0.3) is 0 Å². The first-order chi connectivity index (χ1) is 9.83. The molecule has 0 aliphatic heterocycles. The molecule has 0 bridgehead atoms. The summed E-state index contributed by atoms with van der Waals surface area (Å²) in [7, 11) is 0. The number of nitrogen functional groups attached to an aromatic ring is 1. The molecule has 0 fully saturated rings. The SMILES string of the molecule is Nc1nc(CCOc2ccccc2)c2ccccc2n1. The van der Waals surface area contributed by atoms with E-state index in [4.69, 9.17) is 10.5 Å². The number of para-hydroxylation sites is 2. The van der Waals surface area contributed by atoms with Gasteiger partial charge in [0.15, 0.2) is 0 Å². The van der Waals surface area contributed by atoms with Crippen molar-refractivity contribution in [2.75, 3.05) is 12.3 Å². The van der Waals surface area contributed by atoms with E-state index in [1.54, 1.807) is 0 Å². The summed E-state index contributed by atoms with van der Waals surface area (Å²) in [6.45, 7) is 0.560. The third-order valence-electron chi connectivity index (χ3n) is 3.05. The maximum absolute atomic E-state index is 5.74. The lowest BCUT2D eigenvalue weighted by atomic mass is 10.1. The highest BCUT2D eigenvalue weighted by Crippen LogP contribution is 2.17. The van der Waals surface area contributed by atoms with E-state index in [0.717, 1.165) is 22.3 Å². The highest BCUT2D eigenvalue weighted by molar-refractivity contribution is 5.81. The van der Waals surface area contributed by atoms with E-state index in [1.807, 2.05) is 54.6 Å². The summed E-state index contributed by atoms with van der Waals surface area (Å²) >= 11 is 0. The second kappa shape index (κ2) is 5.57. The van der Waals surface area contributed by atoms with Crippen LogP contribution in [0.25, 0.3) is 10.9 Å². The van der Waals surface area contributed by atoms with Crippen LogP contribution in [0.5, 0.6) is 5.75 Å². The number of aromatic nitrogens is 2. The molecule has 0 unspecified atom stereocenters. The van der Waals surface area contributed by atoms with Crippen molar-refractivity contribution in [3.05, 3.63) is 60.3 Å². The maximum atomic E-state index is 5.74. The second-order valence-electron chi connectivity index (χ2n) is 4.46. The van der Waals surface area contributed by atoms with Crippen LogP contribution in [0.4, 0.5) is 5.95 Å². The van der Waals surface area contributed by atoms with Crippen molar-refractivity contribution in [3.63, 3.8) is 0 Å². The number of ether oxygens (including phenoxy) is 1. The molecule has 1 aromatic heterocycles. The number of rotatable bonds is 4. The van der Waals surface area contributed by atoms with Crippen molar-refractivity contribution >= 4 is 16.9 Å². The number of hydrogen-bond donors (Lipinski definition) is 1. The van der Waals surface area contributed by atoms with E-state index in [9.17, 15) is 0 Å². The average Bonchev–Trinajstić information content (AvgIpc) is 2.48. The van der Waals surface area contributed by atoms with Gasteiger partial charge in [-0.1, -0.05) is 36.4 Å². The van der Waals surface area contributed by atoms with Gasteiger partial charge in [0.1, 0.15) is 5.75 Å². The summed E-state index contributed by atoms with van der Waals surface area (Å²) < 4.78 is 5.70. The molecule has 100 valence electrons. The van der Waals surface area contributed by atoms with Crippen LogP contribution in [0.2, 0.25) is 0 Å². The Labute approximate surface area is 117 Å². The molecule has 4 heteroatoms. The van der Waals surface area contributed by atoms with E-state index in [1.165, 1.54) is 0 Å². The normalized spacial score (nSPS) is 10.6. The van der Waals surface area contributed by atoms with Crippen molar-refractivity contribution in [2.45, 2.75) is 6.42 Å². The molecule has 2 N–H and O–H groups in total. The predicted molar refractivity (Wildman–Crippen MR) is 79.6 cm³/mol. The fraction of sp³-hybridized carbons (Fsp3) is 0.125. The zero-order valence-electron chi connectivity index (χ0n) is 11.0. The molecule has 3 aromatic rings. The lowest BCUT2D eigenvalue weighted by molar-refractivity contribution is 0.321. The predicted octanol–water partition coefficient (Wildman–Crippen LogP) is 2.83. The maximum Gasteiger partial charge on any atom is 0.220 e. The molecule has 0 spiro atoms. The molecule has 2 aromatic carbocycles. The Morgan fingerprint density at radius 2 is 1.65 bits per heavy atom. The van der Waals surface area contributed by atoms with Gasteiger partial charge in [0.2, 0.25) is 5.95 Å². The number of anilines is 1. The first-order valence-electron chi connectivity index (χ1n) is 6.52. The van der Waals surface area contributed by atoms with Crippen LogP contribution in [0.3, 0.4) is 0 Å². The molecule has 4 nitrogen and oxygen atoms in total. The Kier molecular flexibility index (Phi) is 3.46.